The highest BCUT2D eigenvalue weighted by Crippen LogP contribution is 2.41. The number of hydrogen-bond donors (Lipinski definition) is 0. The Bertz CT molecular complexity index is 1350. The van der Waals surface area contributed by atoms with E-state index in [-0.39, 0.29) is 23.7 Å². The Morgan fingerprint density at radius 1 is 1.17 bits per heavy atom. The molecular weight excluding hydrogens is 477 g/mol. The van der Waals surface area contributed by atoms with Crippen molar-refractivity contribution in [2.75, 3.05) is 18.6 Å². The van der Waals surface area contributed by atoms with E-state index in [0.717, 1.165) is 24.2 Å². The molecule has 2 heterocycles. The number of pyridine rings is 1. The van der Waals surface area contributed by atoms with Crippen LogP contribution in [0, 0.1) is 0 Å². The number of alkyl halides is 3. The number of aromatic nitrogens is 3. The molecule has 1 fully saturated rings. The number of nitrogens with zero attached hydrogens (tertiary/aromatic N) is 4. The maximum atomic E-state index is 12.8. The van der Waals surface area contributed by atoms with Gasteiger partial charge in [-0.15, -0.1) is 13.2 Å². The molecule has 1 aliphatic carbocycles. The van der Waals surface area contributed by atoms with E-state index in [9.17, 15) is 22.8 Å². The molecule has 194 valence electrons. The fraction of sp³-hybridized carbons (Fsp3) is 0.480. The first-order valence-corrected chi connectivity index (χ1v) is 11.6. The van der Waals surface area contributed by atoms with Gasteiger partial charge in [0.2, 0.25) is 0 Å². The minimum atomic E-state index is -4.70. The van der Waals surface area contributed by atoms with Crippen LogP contribution < -0.4 is 10.5 Å². The van der Waals surface area contributed by atoms with E-state index in [1.165, 1.54) is 16.5 Å². The molecule has 11 heteroatoms. The van der Waals surface area contributed by atoms with Crippen molar-refractivity contribution < 1.29 is 27.4 Å². The Hall–Kier alpha value is -3.34. The molecule has 0 atom stereocenters. The fourth-order valence-electron chi connectivity index (χ4n) is 3.98. The fourth-order valence-corrected chi connectivity index (χ4v) is 3.98. The molecule has 0 radical (unpaired) electrons. The Kier molecular flexibility index (Phi) is 6.63. The summed E-state index contributed by atoms with van der Waals surface area (Å²) >= 11 is 0. The number of rotatable bonds is 6. The highest BCUT2D eigenvalue weighted by atomic mass is 19.4. The Morgan fingerprint density at radius 2 is 1.86 bits per heavy atom. The van der Waals surface area contributed by atoms with Crippen LogP contribution in [0.15, 0.2) is 35.3 Å². The smallest absolute Gasteiger partial charge is 0.443 e. The number of aryl methyl sites for hydroxylation is 1. The van der Waals surface area contributed by atoms with Crippen molar-refractivity contribution in [1.82, 2.24) is 14.1 Å². The molecule has 8 nitrogen and oxygen atoms in total. The summed E-state index contributed by atoms with van der Waals surface area (Å²) in [6, 6.07) is 7.07. The molecule has 0 spiro atoms. The number of hydrogen-bond acceptors (Lipinski definition) is 5. The molecule has 0 aliphatic heterocycles. The summed E-state index contributed by atoms with van der Waals surface area (Å²) in [5, 5.41) is 0. The predicted octanol–water partition coefficient (Wildman–Crippen LogP) is 5.19. The molecule has 2 aromatic heterocycles. The van der Waals surface area contributed by atoms with Crippen LogP contribution in [0.5, 0.6) is 0 Å². The Labute approximate surface area is 206 Å². The van der Waals surface area contributed by atoms with Crippen LogP contribution in [0.25, 0.3) is 22.2 Å². The summed E-state index contributed by atoms with van der Waals surface area (Å²) < 4.78 is 50.3. The standard InChI is InChI=1S/C25H29F3N4O4/c1-24(2,3)36-23(34)31(5)20-13-17(14-30(4)22(20)33)16-8-9-18-19(12-16)32(10-11-35-25(26,27)28)21(29-18)15-6-7-15/h8-9,12-15H,6-7,10-11H2,1-5H3. The molecule has 0 saturated heterocycles. The molecule has 1 aliphatic rings. The van der Waals surface area contributed by atoms with E-state index in [1.807, 2.05) is 12.1 Å². The van der Waals surface area contributed by atoms with E-state index in [4.69, 9.17) is 4.74 Å². The lowest BCUT2D eigenvalue weighted by atomic mass is 10.1. The lowest BCUT2D eigenvalue weighted by Crippen LogP contribution is -2.37. The molecule has 0 bridgehead atoms. The first-order valence-electron chi connectivity index (χ1n) is 11.6. The Balaban J connectivity index is 1.73. The van der Waals surface area contributed by atoms with Gasteiger partial charge in [-0.3, -0.25) is 14.4 Å². The maximum Gasteiger partial charge on any atom is 0.522 e. The summed E-state index contributed by atoms with van der Waals surface area (Å²) in [7, 11) is 3.05. The largest absolute Gasteiger partial charge is 0.522 e. The molecule has 4 rings (SSSR count). The molecule has 1 saturated carbocycles. The van der Waals surface area contributed by atoms with Gasteiger partial charge >= 0.3 is 12.5 Å². The minimum absolute atomic E-state index is 0.00516. The van der Waals surface area contributed by atoms with Crippen LogP contribution in [-0.4, -0.2) is 45.8 Å². The maximum absolute atomic E-state index is 12.8. The van der Waals surface area contributed by atoms with Crippen LogP contribution >= 0.6 is 0 Å². The zero-order valence-electron chi connectivity index (χ0n) is 20.8. The monoisotopic (exact) mass is 506 g/mol. The van der Waals surface area contributed by atoms with E-state index in [2.05, 4.69) is 9.72 Å². The van der Waals surface area contributed by atoms with Crippen LogP contribution in [0.4, 0.5) is 23.7 Å². The number of carbonyl (C=O) groups is 1. The Morgan fingerprint density at radius 3 is 2.47 bits per heavy atom. The predicted molar refractivity (Wildman–Crippen MR) is 129 cm³/mol. The second-order valence-corrected chi connectivity index (χ2v) is 9.96. The number of benzene rings is 1. The molecule has 0 unspecified atom stereocenters. The molecule has 0 N–H and O–H groups in total. The number of fused-ring (bicyclic) bond motifs is 1. The van der Waals surface area contributed by atoms with Crippen molar-refractivity contribution in [3.05, 3.63) is 46.6 Å². The van der Waals surface area contributed by atoms with Gasteiger partial charge in [-0.2, -0.15) is 0 Å². The molecule has 36 heavy (non-hydrogen) atoms. The summed E-state index contributed by atoms with van der Waals surface area (Å²) in [6.45, 7) is 4.69. The topological polar surface area (TPSA) is 78.6 Å². The second kappa shape index (κ2) is 9.27. The average molecular weight is 507 g/mol. The van der Waals surface area contributed by atoms with Gasteiger partial charge in [-0.05, 0) is 57.4 Å². The highest BCUT2D eigenvalue weighted by Gasteiger charge is 2.32. The lowest BCUT2D eigenvalue weighted by molar-refractivity contribution is -0.325. The van der Waals surface area contributed by atoms with Gasteiger partial charge in [0.05, 0.1) is 17.6 Å². The molecule has 1 amide bonds. The molecule has 1 aromatic carbocycles. The first kappa shape index (κ1) is 25.7. The number of amides is 1. The van der Waals surface area contributed by atoms with E-state index in [0.29, 0.717) is 16.6 Å². The van der Waals surface area contributed by atoms with Crippen LogP contribution in [0.2, 0.25) is 0 Å². The van der Waals surface area contributed by atoms with Gasteiger partial charge in [0.1, 0.15) is 17.1 Å². The summed E-state index contributed by atoms with van der Waals surface area (Å²) in [5.74, 6) is 0.970. The SMILES string of the molecule is CN(C(=O)OC(C)(C)C)c1cc(-c2ccc3nc(C4CC4)n(CCOC(F)(F)F)c3c2)cn(C)c1=O. The summed E-state index contributed by atoms with van der Waals surface area (Å²) in [4.78, 5) is 31.2. The average Bonchev–Trinajstić information content (AvgIpc) is 3.55. The quantitative estimate of drug-likeness (QED) is 0.460. The van der Waals surface area contributed by atoms with Crippen LogP contribution in [-0.2, 0) is 23.1 Å². The van der Waals surface area contributed by atoms with E-state index < -0.39 is 24.7 Å². The van der Waals surface area contributed by atoms with Gasteiger partial charge < -0.3 is 13.9 Å². The number of carbonyl (C=O) groups excluding carboxylic acids is 1. The number of halogens is 3. The second-order valence-electron chi connectivity index (χ2n) is 9.96. The van der Waals surface area contributed by atoms with E-state index in [1.54, 1.807) is 50.7 Å². The van der Waals surface area contributed by atoms with Gasteiger partial charge in [0.15, 0.2) is 0 Å². The highest BCUT2D eigenvalue weighted by molar-refractivity contribution is 5.89. The van der Waals surface area contributed by atoms with Crippen molar-refractivity contribution in [1.29, 1.82) is 0 Å². The van der Waals surface area contributed by atoms with Gasteiger partial charge in [-0.25, -0.2) is 9.78 Å². The van der Waals surface area contributed by atoms with Crippen molar-refractivity contribution in [2.24, 2.45) is 7.05 Å². The zero-order valence-corrected chi connectivity index (χ0v) is 20.8. The third-order valence-corrected chi connectivity index (χ3v) is 5.83. The number of ether oxygens (including phenoxy) is 2. The third kappa shape index (κ3) is 5.72. The molecule has 3 aromatic rings. The zero-order chi connectivity index (χ0) is 26.4. The third-order valence-electron chi connectivity index (χ3n) is 5.83. The molecular formula is C25H29F3N4O4. The normalized spacial score (nSPS) is 14.3. The summed E-state index contributed by atoms with van der Waals surface area (Å²) in [6.07, 6.45) is -1.84. The van der Waals surface area contributed by atoms with Crippen LogP contribution in [0.1, 0.15) is 45.4 Å². The van der Waals surface area contributed by atoms with Crippen molar-refractivity contribution >= 4 is 22.8 Å². The number of anilines is 1. The van der Waals surface area contributed by atoms with Gasteiger partial charge in [0, 0.05) is 38.3 Å². The minimum Gasteiger partial charge on any atom is -0.443 e. The summed E-state index contributed by atoms with van der Waals surface area (Å²) in [5.41, 5.74) is 1.74. The van der Waals surface area contributed by atoms with Crippen molar-refractivity contribution in [3.8, 4) is 11.1 Å². The van der Waals surface area contributed by atoms with E-state index >= 15 is 0 Å². The van der Waals surface area contributed by atoms with Gasteiger partial charge in [0.25, 0.3) is 5.56 Å². The van der Waals surface area contributed by atoms with Crippen molar-refractivity contribution in [2.45, 2.75) is 58.0 Å². The van der Waals surface area contributed by atoms with Crippen molar-refractivity contribution in [3.63, 3.8) is 0 Å². The van der Waals surface area contributed by atoms with Gasteiger partial charge in [-0.1, -0.05) is 6.07 Å². The first-order chi connectivity index (χ1) is 16.7. The lowest BCUT2D eigenvalue weighted by Gasteiger charge is -2.24. The van der Waals surface area contributed by atoms with Crippen LogP contribution in [0.3, 0.4) is 0 Å². The number of imidazole rings is 1.